The van der Waals surface area contributed by atoms with E-state index in [4.69, 9.17) is 0 Å². The minimum Gasteiger partial charge on any atom is -0.481 e. The number of nitrogens with one attached hydrogen (secondary N) is 1. The number of carbonyl (C=O) groups is 2. The monoisotopic (exact) mass is 311 g/mol. The highest BCUT2D eigenvalue weighted by Crippen LogP contribution is 2.40. The molecular formula is C14H17NO5S. The van der Waals surface area contributed by atoms with Crippen LogP contribution in [-0.4, -0.2) is 38.2 Å². The Labute approximate surface area is 123 Å². The van der Waals surface area contributed by atoms with Crippen molar-refractivity contribution in [1.82, 2.24) is 5.32 Å². The van der Waals surface area contributed by atoms with Gasteiger partial charge in [0.1, 0.15) is 0 Å². The molecule has 0 atom stereocenters. The zero-order chi connectivity index (χ0) is 15.7. The quantitative estimate of drug-likeness (QED) is 0.847. The van der Waals surface area contributed by atoms with Crippen molar-refractivity contribution < 1.29 is 23.1 Å². The van der Waals surface area contributed by atoms with Crippen LogP contribution < -0.4 is 5.32 Å². The number of rotatable bonds is 5. The van der Waals surface area contributed by atoms with Gasteiger partial charge in [-0.15, -0.1) is 0 Å². The molecule has 0 aromatic heterocycles. The first-order valence-corrected chi connectivity index (χ1v) is 8.45. The molecule has 21 heavy (non-hydrogen) atoms. The van der Waals surface area contributed by atoms with Crippen molar-refractivity contribution in [2.75, 3.05) is 12.8 Å². The summed E-state index contributed by atoms with van der Waals surface area (Å²) in [6.07, 6.45) is 3.00. The third kappa shape index (κ3) is 3.24. The summed E-state index contributed by atoms with van der Waals surface area (Å²) >= 11 is 0. The average Bonchev–Trinajstić information content (AvgIpc) is 2.36. The standard InChI is InChI=1S/C14H17NO5S/c1-21(19,20)11-5-2-4-10(8-11)12(16)15-9-14(13(17)18)6-3-7-14/h2,4-5,8H,3,6-7,9H2,1H3,(H,15,16)(H,17,18). The highest BCUT2D eigenvalue weighted by Gasteiger charge is 2.44. The average molecular weight is 311 g/mol. The van der Waals surface area contributed by atoms with E-state index in [2.05, 4.69) is 5.32 Å². The molecule has 0 unspecified atom stereocenters. The number of hydrogen-bond donors (Lipinski definition) is 2. The second-order valence-corrected chi connectivity index (χ2v) is 7.44. The fraction of sp³-hybridized carbons (Fsp3) is 0.429. The van der Waals surface area contributed by atoms with E-state index in [9.17, 15) is 23.1 Å². The van der Waals surface area contributed by atoms with Crippen LogP contribution in [0.25, 0.3) is 0 Å². The van der Waals surface area contributed by atoms with Gasteiger partial charge in [-0.05, 0) is 31.0 Å². The Morgan fingerprint density at radius 1 is 1.33 bits per heavy atom. The molecule has 0 spiro atoms. The van der Waals surface area contributed by atoms with Crippen LogP contribution in [0.5, 0.6) is 0 Å². The first kappa shape index (κ1) is 15.5. The minimum absolute atomic E-state index is 0.0598. The summed E-state index contributed by atoms with van der Waals surface area (Å²) in [7, 11) is -3.38. The first-order valence-electron chi connectivity index (χ1n) is 6.56. The van der Waals surface area contributed by atoms with E-state index in [1.807, 2.05) is 0 Å². The summed E-state index contributed by atoms with van der Waals surface area (Å²) in [5, 5.41) is 11.8. The molecule has 1 aromatic carbocycles. The van der Waals surface area contributed by atoms with Gasteiger partial charge in [0.2, 0.25) is 0 Å². The molecule has 0 heterocycles. The topological polar surface area (TPSA) is 101 Å². The molecular weight excluding hydrogens is 294 g/mol. The fourth-order valence-corrected chi connectivity index (χ4v) is 2.96. The Morgan fingerprint density at radius 2 is 2.00 bits per heavy atom. The third-order valence-electron chi connectivity index (χ3n) is 3.88. The van der Waals surface area contributed by atoms with Crippen molar-refractivity contribution >= 4 is 21.7 Å². The van der Waals surface area contributed by atoms with Gasteiger partial charge in [0.25, 0.3) is 5.91 Å². The van der Waals surface area contributed by atoms with Gasteiger partial charge in [0.15, 0.2) is 9.84 Å². The normalized spacial score (nSPS) is 16.8. The van der Waals surface area contributed by atoms with Crippen molar-refractivity contribution in [2.45, 2.75) is 24.2 Å². The molecule has 1 saturated carbocycles. The summed E-state index contributed by atoms with van der Waals surface area (Å²) in [6, 6.07) is 5.69. The highest BCUT2D eigenvalue weighted by molar-refractivity contribution is 7.90. The number of carboxylic acids is 1. The van der Waals surface area contributed by atoms with Gasteiger partial charge < -0.3 is 10.4 Å². The van der Waals surface area contributed by atoms with Crippen molar-refractivity contribution in [1.29, 1.82) is 0 Å². The number of aliphatic carboxylic acids is 1. The van der Waals surface area contributed by atoms with Crippen molar-refractivity contribution in [3.63, 3.8) is 0 Å². The Hall–Kier alpha value is -1.89. The number of sulfone groups is 1. The number of carboxylic acid groups (broad SMARTS) is 1. The van der Waals surface area contributed by atoms with E-state index in [1.54, 1.807) is 0 Å². The van der Waals surface area contributed by atoms with Gasteiger partial charge in [-0.25, -0.2) is 8.42 Å². The van der Waals surface area contributed by atoms with Gasteiger partial charge in [-0.1, -0.05) is 12.5 Å². The molecule has 1 aromatic rings. The van der Waals surface area contributed by atoms with Crippen LogP contribution in [0.1, 0.15) is 29.6 Å². The molecule has 0 aliphatic heterocycles. The predicted octanol–water partition coefficient (Wildman–Crippen LogP) is 1.07. The predicted molar refractivity (Wildman–Crippen MR) is 75.8 cm³/mol. The smallest absolute Gasteiger partial charge is 0.311 e. The molecule has 2 rings (SSSR count). The van der Waals surface area contributed by atoms with Crippen LogP contribution in [0, 0.1) is 5.41 Å². The van der Waals surface area contributed by atoms with Crippen LogP contribution in [-0.2, 0) is 14.6 Å². The van der Waals surface area contributed by atoms with Crippen LogP contribution in [0.4, 0.5) is 0 Å². The van der Waals surface area contributed by atoms with E-state index in [-0.39, 0.29) is 17.0 Å². The summed E-state index contributed by atoms with van der Waals surface area (Å²) < 4.78 is 22.9. The molecule has 1 aliphatic carbocycles. The van der Waals surface area contributed by atoms with Gasteiger partial charge in [-0.2, -0.15) is 0 Å². The Morgan fingerprint density at radius 3 is 2.48 bits per heavy atom. The van der Waals surface area contributed by atoms with E-state index < -0.39 is 27.1 Å². The number of hydrogen-bond acceptors (Lipinski definition) is 4. The molecule has 1 fully saturated rings. The Bertz CT molecular complexity index is 676. The zero-order valence-corrected chi connectivity index (χ0v) is 12.4. The molecule has 1 amide bonds. The van der Waals surface area contributed by atoms with Gasteiger partial charge in [0.05, 0.1) is 10.3 Å². The van der Waals surface area contributed by atoms with Crippen LogP contribution in [0.2, 0.25) is 0 Å². The molecule has 1 aliphatic rings. The lowest BCUT2D eigenvalue weighted by atomic mass is 9.69. The molecule has 6 nitrogen and oxygen atoms in total. The number of carbonyl (C=O) groups excluding carboxylic acids is 1. The Balaban J connectivity index is 2.09. The minimum atomic E-state index is -3.38. The SMILES string of the molecule is CS(=O)(=O)c1cccc(C(=O)NCC2(C(=O)O)CCC2)c1. The van der Waals surface area contributed by atoms with Gasteiger partial charge in [0, 0.05) is 18.4 Å². The largest absolute Gasteiger partial charge is 0.481 e. The maximum Gasteiger partial charge on any atom is 0.311 e. The highest BCUT2D eigenvalue weighted by atomic mass is 32.2. The lowest BCUT2D eigenvalue weighted by molar-refractivity contribution is -0.153. The van der Waals surface area contributed by atoms with E-state index in [1.165, 1.54) is 24.3 Å². The summed E-state index contributed by atoms with van der Waals surface area (Å²) in [6.45, 7) is 0.0598. The molecule has 2 N–H and O–H groups in total. The molecule has 114 valence electrons. The van der Waals surface area contributed by atoms with E-state index in [0.29, 0.717) is 12.8 Å². The van der Waals surface area contributed by atoms with Crippen LogP contribution in [0.15, 0.2) is 29.2 Å². The maximum atomic E-state index is 12.0. The lowest BCUT2D eigenvalue weighted by Crippen LogP contribution is -2.47. The van der Waals surface area contributed by atoms with E-state index in [0.717, 1.165) is 12.7 Å². The van der Waals surface area contributed by atoms with Crippen LogP contribution >= 0.6 is 0 Å². The third-order valence-corrected chi connectivity index (χ3v) is 4.99. The first-order chi connectivity index (χ1) is 9.74. The van der Waals surface area contributed by atoms with E-state index >= 15 is 0 Å². The van der Waals surface area contributed by atoms with Crippen molar-refractivity contribution in [3.8, 4) is 0 Å². The molecule has 0 bridgehead atoms. The van der Waals surface area contributed by atoms with Crippen molar-refractivity contribution in [3.05, 3.63) is 29.8 Å². The lowest BCUT2D eigenvalue weighted by Gasteiger charge is -2.37. The van der Waals surface area contributed by atoms with Gasteiger partial charge >= 0.3 is 5.97 Å². The fourth-order valence-electron chi connectivity index (χ4n) is 2.29. The summed E-state index contributed by atoms with van der Waals surface area (Å²) in [5.74, 6) is -1.37. The number of benzene rings is 1. The molecule has 0 radical (unpaired) electrons. The molecule has 7 heteroatoms. The molecule has 0 saturated heterocycles. The number of amides is 1. The maximum absolute atomic E-state index is 12.0. The van der Waals surface area contributed by atoms with Crippen molar-refractivity contribution in [2.24, 2.45) is 5.41 Å². The second kappa shape index (κ2) is 5.48. The van der Waals surface area contributed by atoms with Crippen LogP contribution in [0.3, 0.4) is 0 Å². The Kier molecular flexibility index (Phi) is 4.04. The summed E-state index contributed by atoms with van der Waals surface area (Å²) in [5.41, 5.74) is -0.665. The zero-order valence-electron chi connectivity index (χ0n) is 11.6. The summed E-state index contributed by atoms with van der Waals surface area (Å²) in [4.78, 5) is 23.3. The second-order valence-electron chi connectivity index (χ2n) is 5.42. The van der Waals surface area contributed by atoms with Gasteiger partial charge in [-0.3, -0.25) is 9.59 Å².